The van der Waals surface area contributed by atoms with Crippen LogP contribution in [0.4, 0.5) is 0 Å². The molecule has 1 aliphatic rings. The summed E-state index contributed by atoms with van der Waals surface area (Å²) < 4.78 is 0. The second-order valence-corrected chi connectivity index (χ2v) is 14.7. The van der Waals surface area contributed by atoms with Gasteiger partial charge in [0.15, 0.2) is 34.5 Å². The zero-order valence-corrected chi connectivity index (χ0v) is 32.3. The number of aromatic hydroxyl groups is 14. The Bertz CT molecular complexity index is 2340. The summed E-state index contributed by atoms with van der Waals surface area (Å²) in [6.07, 6.45) is 4.92. The van der Waals surface area contributed by atoms with Crippen molar-refractivity contribution in [3.8, 4) is 80.5 Å². The van der Waals surface area contributed by atoms with Crippen LogP contribution in [-0.4, -0.2) is 71.5 Å². The number of benzene rings is 4. The average Bonchev–Trinajstić information content (AvgIpc) is 3.18. The van der Waals surface area contributed by atoms with E-state index in [1.165, 1.54) is 13.0 Å². The zero-order valence-electron chi connectivity index (χ0n) is 32.3. The van der Waals surface area contributed by atoms with Gasteiger partial charge >= 0.3 is 0 Å². The van der Waals surface area contributed by atoms with Crippen molar-refractivity contribution in [3.05, 3.63) is 75.4 Å². The summed E-state index contributed by atoms with van der Waals surface area (Å²) in [5.74, 6) is -14.0. The number of phenols is 14. The molecule has 0 spiro atoms. The van der Waals surface area contributed by atoms with Crippen LogP contribution >= 0.6 is 0 Å². The molecule has 16 heteroatoms. The third-order valence-corrected chi connectivity index (χ3v) is 10.3. The van der Waals surface area contributed by atoms with Crippen LogP contribution in [0.2, 0.25) is 0 Å². The topological polar surface area (TPSA) is 307 Å². The minimum atomic E-state index is -1.91. The highest BCUT2D eigenvalue weighted by molar-refractivity contribution is 5.97. The van der Waals surface area contributed by atoms with Gasteiger partial charge in [-0.1, -0.05) is 57.5 Å². The Kier molecular flexibility index (Phi) is 11.6. The van der Waals surface area contributed by atoms with Crippen molar-refractivity contribution in [2.24, 2.45) is 5.92 Å². The Morgan fingerprint density at radius 1 is 0.707 bits per heavy atom. The van der Waals surface area contributed by atoms with E-state index in [2.05, 4.69) is 10.9 Å². The van der Waals surface area contributed by atoms with Crippen molar-refractivity contribution in [3.63, 3.8) is 0 Å². The number of rotatable bonds is 12. The Morgan fingerprint density at radius 3 is 1.81 bits per heavy atom. The van der Waals surface area contributed by atoms with Crippen LogP contribution in [0, 0.1) is 12.8 Å². The third-order valence-electron chi connectivity index (χ3n) is 10.3. The average molecular weight is 805 g/mol. The summed E-state index contributed by atoms with van der Waals surface area (Å²) in [6, 6.07) is 5.88. The SMILES string of the molecule is CCCC1=C(c2c(C)cccc2C(C)(NN/C(=C/CC(C)C)c2c(O)c(O)c(O)c(O)c2O)c2c(O)cc(O)c(O)c2O)CCC=C1c1c(O)c(O)c(O)c(O)c1O. The smallest absolute Gasteiger partial charge is 0.208 e. The first-order chi connectivity index (χ1) is 27.2. The van der Waals surface area contributed by atoms with Gasteiger partial charge in [0.2, 0.25) is 40.2 Å². The van der Waals surface area contributed by atoms with Crippen molar-refractivity contribution in [2.75, 3.05) is 0 Å². The van der Waals surface area contributed by atoms with Gasteiger partial charge in [-0.2, -0.15) is 0 Å². The molecule has 0 saturated heterocycles. The molecule has 0 bridgehead atoms. The lowest BCUT2D eigenvalue weighted by Crippen LogP contribution is -2.48. The zero-order chi connectivity index (χ0) is 43.1. The Morgan fingerprint density at radius 2 is 1.26 bits per heavy atom. The van der Waals surface area contributed by atoms with Crippen LogP contribution in [0.15, 0.2) is 42.0 Å². The van der Waals surface area contributed by atoms with E-state index in [1.54, 1.807) is 31.2 Å². The van der Waals surface area contributed by atoms with E-state index < -0.39 is 91.6 Å². The number of hydrogen-bond donors (Lipinski definition) is 16. The van der Waals surface area contributed by atoms with Crippen molar-refractivity contribution in [2.45, 2.75) is 72.3 Å². The maximum absolute atomic E-state index is 11.5. The minimum Gasteiger partial charge on any atom is -0.507 e. The minimum absolute atomic E-state index is 0.0222. The molecule has 0 amide bonds. The summed E-state index contributed by atoms with van der Waals surface area (Å²) in [7, 11) is 0. The fourth-order valence-corrected chi connectivity index (χ4v) is 7.38. The van der Waals surface area contributed by atoms with Gasteiger partial charge in [-0.15, -0.1) is 0 Å². The molecular formula is C42H48N2O14. The van der Waals surface area contributed by atoms with Gasteiger partial charge in [0.05, 0.1) is 27.9 Å². The van der Waals surface area contributed by atoms with E-state index in [1.807, 2.05) is 20.8 Å². The van der Waals surface area contributed by atoms with Gasteiger partial charge in [0.1, 0.15) is 5.75 Å². The first-order valence-electron chi connectivity index (χ1n) is 18.3. The molecule has 0 heterocycles. The molecule has 4 aromatic carbocycles. The van der Waals surface area contributed by atoms with E-state index in [-0.39, 0.29) is 34.7 Å². The molecule has 0 radical (unpaired) electrons. The van der Waals surface area contributed by atoms with Gasteiger partial charge in [-0.25, -0.2) is 5.43 Å². The summed E-state index contributed by atoms with van der Waals surface area (Å²) in [4.78, 5) is 0. The van der Waals surface area contributed by atoms with Crippen LogP contribution in [-0.2, 0) is 5.54 Å². The van der Waals surface area contributed by atoms with Crippen LogP contribution in [0.3, 0.4) is 0 Å². The third kappa shape index (κ3) is 7.02. The van der Waals surface area contributed by atoms with Crippen LogP contribution < -0.4 is 10.9 Å². The first-order valence-corrected chi connectivity index (χ1v) is 18.3. The number of phenolic OH excluding ortho intramolecular Hbond substituents is 14. The second-order valence-electron chi connectivity index (χ2n) is 14.7. The predicted molar refractivity (Wildman–Crippen MR) is 213 cm³/mol. The summed E-state index contributed by atoms with van der Waals surface area (Å²) >= 11 is 0. The van der Waals surface area contributed by atoms with Crippen molar-refractivity contribution in [1.29, 1.82) is 0 Å². The summed E-state index contributed by atoms with van der Waals surface area (Å²) in [5, 5.41) is 150. The number of hydrogen-bond acceptors (Lipinski definition) is 16. The maximum atomic E-state index is 11.5. The number of hydrazine groups is 1. The standard InChI is InChI=1S/C42H48N2O14/c1-6-9-19-20(11-8-12-21(19)27-31(48)36(53)40(57)37(54)32(27)49)26-18(4)10-7-13-22(26)42(5,29-24(45)16-25(46)30(47)35(29)52)44-43-23(15-14-17(2)3)28-33(50)38(55)41(58)39(56)34(28)51/h7,10,12-13,15-17,43-58H,6,8-9,11,14H2,1-5H3/b23-15+. The second kappa shape index (κ2) is 15.9. The molecule has 1 unspecified atom stereocenters. The predicted octanol–water partition coefficient (Wildman–Crippen LogP) is 6.75. The summed E-state index contributed by atoms with van der Waals surface area (Å²) in [6.45, 7) is 8.86. The lowest BCUT2D eigenvalue weighted by Gasteiger charge is -2.37. The molecule has 16 N–H and O–H groups in total. The fourth-order valence-electron chi connectivity index (χ4n) is 7.38. The van der Waals surface area contributed by atoms with Crippen LogP contribution in [0.25, 0.3) is 16.8 Å². The number of nitrogens with one attached hydrogen (secondary N) is 2. The van der Waals surface area contributed by atoms with Crippen molar-refractivity contribution >= 4 is 16.8 Å². The van der Waals surface area contributed by atoms with E-state index in [4.69, 9.17) is 0 Å². The molecule has 1 aliphatic carbocycles. The van der Waals surface area contributed by atoms with Gasteiger partial charge in [0, 0.05) is 6.07 Å². The van der Waals surface area contributed by atoms with Gasteiger partial charge in [-0.3, -0.25) is 0 Å². The first kappa shape index (κ1) is 42.2. The maximum Gasteiger partial charge on any atom is 0.208 e. The van der Waals surface area contributed by atoms with Crippen LogP contribution in [0.5, 0.6) is 80.5 Å². The van der Waals surface area contributed by atoms with Crippen molar-refractivity contribution in [1.82, 2.24) is 10.9 Å². The summed E-state index contributed by atoms with van der Waals surface area (Å²) in [5.41, 5.74) is 5.35. The Balaban J connectivity index is 1.85. The molecule has 58 heavy (non-hydrogen) atoms. The number of allylic oxidation sites excluding steroid dienone is 5. The molecule has 0 aliphatic heterocycles. The molecule has 5 rings (SSSR count). The highest BCUT2D eigenvalue weighted by Crippen LogP contribution is 2.57. The van der Waals surface area contributed by atoms with Crippen LogP contribution in [0.1, 0.15) is 93.2 Å². The molecule has 0 saturated carbocycles. The molecule has 1 atom stereocenters. The van der Waals surface area contributed by atoms with E-state index >= 15 is 0 Å². The molecule has 310 valence electrons. The van der Waals surface area contributed by atoms with E-state index in [0.29, 0.717) is 53.5 Å². The molecule has 4 aromatic rings. The molecular weight excluding hydrogens is 756 g/mol. The quantitative estimate of drug-likeness (QED) is 0.0400. The monoisotopic (exact) mass is 804 g/mol. The molecule has 0 aromatic heterocycles. The lowest BCUT2D eigenvalue weighted by molar-refractivity contribution is 0.322. The number of aryl methyl sites for hydroxylation is 1. The van der Waals surface area contributed by atoms with Crippen molar-refractivity contribution < 1.29 is 71.5 Å². The fraction of sp³-hybridized carbons (Fsp3) is 0.286. The van der Waals surface area contributed by atoms with Gasteiger partial charge < -0.3 is 76.9 Å². The Hall–Kier alpha value is -6.94. The van der Waals surface area contributed by atoms with E-state index in [9.17, 15) is 71.5 Å². The van der Waals surface area contributed by atoms with Gasteiger partial charge in [0.25, 0.3) is 0 Å². The lowest BCUT2D eigenvalue weighted by atomic mass is 9.74. The van der Waals surface area contributed by atoms with Gasteiger partial charge in [-0.05, 0) is 78.9 Å². The normalized spacial score (nSPS) is 14.4. The highest BCUT2D eigenvalue weighted by Gasteiger charge is 2.41. The molecule has 0 fully saturated rings. The molecule has 16 nitrogen and oxygen atoms in total. The largest absolute Gasteiger partial charge is 0.507 e. The Labute approximate surface area is 332 Å². The highest BCUT2D eigenvalue weighted by atomic mass is 16.4. The van der Waals surface area contributed by atoms with E-state index in [0.717, 1.165) is 6.07 Å².